The van der Waals surface area contributed by atoms with E-state index in [0.29, 0.717) is 0 Å². The van der Waals surface area contributed by atoms with Crippen LogP contribution in [0.15, 0.2) is 18.2 Å². The molecule has 0 saturated carbocycles. The maximum atomic E-state index is 3.49. The fourth-order valence-corrected chi connectivity index (χ4v) is 1.29. The van der Waals surface area contributed by atoms with Crippen molar-refractivity contribution in [3.63, 3.8) is 0 Å². The first-order valence-corrected chi connectivity index (χ1v) is 4.26. The average molecular weight is 245 g/mol. The third-order valence-electron chi connectivity index (χ3n) is 1.12. The number of aryl methyl sites for hydroxylation is 1. The molecule has 0 aliphatic carbocycles. The molecule has 0 aliphatic rings. The molecule has 0 amide bonds. The summed E-state index contributed by atoms with van der Waals surface area (Å²) >= 11 is 2.29. The molecule has 0 fully saturated rings. The Hall–Kier alpha value is 0.167. The molecule has 0 bridgehead atoms. The zero-order valence-corrected chi connectivity index (χ0v) is 8.27. The molecule has 1 rings (SSSR count). The second-order valence-electron chi connectivity index (χ2n) is 1.98. The van der Waals surface area contributed by atoms with Gasteiger partial charge in [0.2, 0.25) is 0 Å². The molecule has 0 spiro atoms. The smallest absolute Gasteiger partial charge is 0.0599 e. The van der Waals surface area contributed by atoms with Crippen LogP contribution in [0.3, 0.4) is 0 Å². The third kappa shape index (κ3) is 1.79. The Kier molecular flexibility index (Phi) is 2.29. The second kappa shape index (κ2) is 2.83. The summed E-state index contributed by atoms with van der Waals surface area (Å²) in [6, 6.07) is 6.31. The first kappa shape index (κ1) is 7.28. The molecular formula is C7H6ISi. The fraction of sp³-hybridized carbons (Fsp3) is 0.143. The van der Waals surface area contributed by atoms with E-state index in [4.69, 9.17) is 0 Å². The van der Waals surface area contributed by atoms with Gasteiger partial charge in [-0.05, 0) is 35.6 Å². The van der Waals surface area contributed by atoms with E-state index in [1.54, 1.807) is 0 Å². The Morgan fingerprint density at radius 3 is 2.56 bits per heavy atom. The van der Waals surface area contributed by atoms with Crippen molar-refractivity contribution in [2.45, 2.75) is 6.92 Å². The molecule has 0 atom stereocenters. The van der Waals surface area contributed by atoms with E-state index in [0.717, 1.165) is 0 Å². The Bertz CT molecular complexity index is 220. The minimum atomic E-state index is 1.18. The van der Waals surface area contributed by atoms with Gasteiger partial charge in [0.05, 0.1) is 10.2 Å². The predicted molar refractivity (Wildman–Crippen MR) is 49.3 cm³/mol. The van der Waals surface area contributed by atoms with Gasteiger partial charge >= 0.3 is 0 Å². The lowest BCUT2D eigenvalue weighted by atomic mass is 10.2. The van der Waals surface area contributed by atoms with Gasteiger partial charge in [0.15, 0.2) is 0 Å². The normalized spacial score (nSPS) is 9.67. The van der Waals surface area contributed by atoms with Crippen molar-refractivity contribution in [3.8, 4) is 0 Å². The summed E-state index contributed by atoms with van der Waals surface area (Å²) in [7, 11) is 3.49. The van der Waals surface area contributed by atoms with Crippen LogP contribution in [0.1, 0.15) is 5.56 Å². The summed E-state index contributed by atoms with van der Waals surface area (Å²) in [6.45, 7) is 2.08. The third-order valence-corrected chi connectivity index (χ3v) is 2.99. The van der Waals surface area contributed by atoms with E-state index in [9.17, 15) is 0 Å². The number of hydrogen-bond donors (Lipinski definition) is 0. The lowest BCUT2D eigenvalue weighted by Gasteiger charge is -1.96. The summed E-state index contributed by atoms with van der Waals surface area (Å²) in [6.07, 6.45) is 0. The molecule has 0 N–H and O–H groups in total. The standard InChI is InChI=1S/C7H6ISi/c1-5-2-3-6(8)7(9)4-5/h2-4H,1H3. The minimum Gasteiger partial charge on any atom is -0.0599 e. The highest BCUT2D eigenvalue weighted by Crippen LogP contribution is 2.01. The molecule has 0 nitrogen and oxygen atoms in total. The molecule has 1 aromatic rings. The lowest BCUT2D eigenvalue weighted by Crippen LogP contribution is -2.06. The first-order valence-electron chi connectivity index (χ1n) is 2.68. The highest BCUT2D eigenvalue weighted by Gasteiger charge is 1.90. The van der Waals surface area contributed by atoms with Gasteiger partial charge in [-0.15, -0.1) is 0 Å². The molecule has 0 unspecified atom stereocenters. The summed E-state index contributed by atoms with van der Waals surface area (Å²) in [5.41, 5.74) is 1.29. The summed E-state index contributed by atoms with van der Waals surface area (Å²) in [4.78, 5) is 0. The van der Waals surface area contributed by atoms with Crippen LogP contribution in [-0.2, 0) is 0 Å². The summed E-state index contributed by atoms with van der Waals surface area (Å²) < 4.78 is 1.26. The summed E-state index contributed by atoms with van der Waals surface area (Å²) in [5, 5.41) is 1.18. The van der Waals surface area contributed by atoms with Gasteiger partial charge in [-0.25, -0.2) is 0 Å². The van der Waals surface area contributed by atoms with Crippen LogP contribution in [0.5, 0.6) is 0 Å². The second-order valence-corrected chi connectivity index (χ2v) is 3.68. The van der Waals surface area contributed by atoms with E-state index in [2.05, 4.69) is 58.0 Å². The van der Waals surface area contributed by atoms with Gasteiger partial charge in [0, 0.05) is 3.57 Å². The van der Waals surface area contributed by atoms with Crippen LogP contribution in [0.2, 0.25) is 0 Å². The van der Waals surface area contributed by atoms with E-state index in [1.165, 1.54) is 14.3 Å². The number of rotatable bonds is 0. The van der Waals surface area contributed by atoms with Gasteiger partial charge in [0.25, 0.3) is 0 Å². The van der Waals surface area contributed by atoms with E-state index in [1.807, 2.05) is 0 Å². The van der Waals surface area contributed by atoms with Crippen LogP contribution in [0, 0.1) is 10.5 Å². The number of benzene rings is 1. The topological polar surface area (TPSA) is 0 Å². The minimum absolute atomic E-state index is 1.18. The fourth-order valence-electron chi connectivity index (χ4n) is 0.639. The summed E-state index contributed by atoms with van der Waals surface area (Å²) in [5.74, 6) is 0. The Balaban J connectivity index is 3.17. The molecular weight excluding hydrogens is 239 g/mol. The molecule has 1 aromatic carbocycles. The quantitative estimate of drug-likeness (QED) is 0.478. The Morgan fingerprint density at radius 2 is 2.11 bits per heavy atom. The highest BCUT2D eigenvalue weighted by atomic mass is 127. The van der Waals surface area contributed by atoms with Crippen molar-refractivity contribution in [1.82, 2.24) is 0 Å². The number of hydrogen-bond acceptors (Lipinski definition) is 0. The zero-order valence-electron chi connectivity index (χ0n) is 5.11. The molecule has 3 radical (unpaired) electrons. The van der Waals surface area contributed by atoms with Crippen molar-refractivity contribution in [3.05, 3.63) is 27.3 Å². The van der Waals surface area contributed by atoms with Crippen molar-refractivity contribution in [1.29, 1.82) is 0 Å². The van der Waals surface area contributed by atoms with Crippen LogP contribution < -0.4 is 5.19 Å². The van der Waals surface area contributed by atoms with Gasteiger partial charge in [0.1, 0.15) is 0 Å². The Morgan fingerprint density at radius 1 is 1.44 bits per heavy atom. The van der Waals surface area contributed by atoms with E-state index >= 15 is 0 Å². The maximum absolute atomic E-state index is 3.49. The van der Waals surface area contributed by atoms with Gasteiger partial charge in [-0.3, -0.25) is 0 Å². The molecule has 0 saturated heterocycles. The number of halogens is 1. The van der Waals surface area contributed by atoms with E-state index in [-0.39, 0.29) is 0 Å². The monoisotopic (exact) mass is 245 g/mol. The van der Waals surface area contributed by atoms with Crippen molar-refractivity contribution in [2.24, 2.45) is 0 Å². The van der Waals surface area contributed by atoms with Gasteiger partial charge in [-0.1, -0.05) is 22.9 Å². The van der Waals surface area contributed by atoms with Crippen LogP contribution in [-0.4, -0.2) is 10.2 Å². The van der Waals surface area contributed by atoms with Crippen molar-refractivity contribution in [2.75, 3.05) is 0 Å². The molecule has 45 valence electrons. The zero-order chi connectivity index (χ0) is 6.85. The molecule has 9 heavy (non-hydrogen) atoms. The van der Waals surface area contributed by atoms with Gasteiger partial charge < -0.3 is 0 Å². The van der Waals surface area contributed by atoms with Crippen LogP contribution in [0.25, 0.3) is 0 Å². The predicted octanol–water partition coefficient (Wildman–Crippen LogP) is 1.39. The molecule has 0 heterocycles. The largest absolute Gasteiger partial charge is 0.0726 e. The van der Waals surface area contributed by atoms with Crippen molar-refractivity contribution < 1.29 is 0 Å². The molecule has 0 aromatic heterocycles. The molecule has 2 heteroatoms. The Labute approximate surface area is 72.2 Å². The average Bonchev–Trinajstić information content (AvgIpc) is 1.80. The molecule has 0 aliphatic heterocycles. The maximum Gasteiger partial charge on any atom is 0.0726 e. The van der Waals surface area contributed by atoms with Gasteiger partial charge in [-0.2, -0.15) is 0 Å². The van der Waals surface area contributed by atoms with Crippen molar-refractivity contribution >= 4 is 38.0 Å². The van der Waals surface area contributed by atoms with Crippen LogP contribution in [0.4, 0.5) is 0 Å². The first-order chi connectivity index (χ1) is 4.20. The van der Waals surface area contributed by atoms with Crippen LogP contribution >= 0.6 is 22.6 Å². The highest BCUT2D eigenvalue weighted by molar-refractivity contribution is 14.1. The van der Waals surface area contributed by atoms with E-state index < -0.39 is 0 Å². The SMILES string of the molecule is Cc1ccc(I)c([Si])c1. The lowest BCUT2D eigenvalue weighted by molar-refractivity contribution is 1.48.